The summed E-state index contributed by atoms with van der Waals surface area (Å²) in [5, 5.41) is 16.1. The summed E-state index contributed by atoms with van der Waals surface area (Å²) >= 11 is 0. The van der Waals surface area contributed by atoms with Crippen molar-refractivity contribution in [1.29, 1.82) is 5.41 Å². The molecule has 116 valence electrons. The molecule has 4 nitrogen and oxygen atoms in total. The molecule has 1 saturated heterocycles. The van der Waals surface area contributed by atoms with Crippen LogP contribution in [0.4, 0.5) is 0 Å². The number of piperidine rings is 1. The monoisotopic (exact) mass is 290 g/mol. The quantitative estimate of drug-likeness (QED) is 0.839. The van der Waals surface area contributed by atoms with Gasteiger partial charge >= 0.3 is 5.97 Å². The van der Waals surface area contributed by atoms with E-state index in [-0.39, 0.29) is 0 Å². The molecule has 0 radical (unpaired) electrons. The number of nitrogens with one attached hydrogen (secondary N) is 1. The number of carboxylic acids is 1. The minimum atomic E-state index is -0.781. The highest BCUT2D eigenvalue weighted by molar-refractivity contribution is 5.84. The van der Waals surface area contributed by atoms with Gasteiger partial charge in [0, 0.05) is 11.8 Å². The third-order valence-electron chi connectivity index (χ3n) is 3.94. The van der Waals surface area contributed by atoms with Crippen molar-refractivity contribution in [2.75, 3.05) is 13.6 Å². The fourth-order valence-corrected chi connectivity index (χ4v) is 2.51. The van der Waals surface area contributed by atoms with Gasteiger partial charge in [-0.15, -0.1) is 0 Å². The first kappa shape index (κ1) is 17.4. The molecule has 2 unspecified atom stereocenters. The van der Waals surface area contributed by atoms with Crippen molar-refractivity contribution in [3.63, 3.8) is 0 Å². The Labute approximate surface area is 127 Å². The summed E-state index contributed by atoms with van der Waals surface area (Å²) in [7, 11) is 2.11. The van der Waals surface area contributed by atoms with Gasteiger partial charge in [0.1, 0.15) is 0 Å². The molecule has 2 rings (SSSR count). The van der Waals surface area contributed by atoms with Crippen LogP contribution in [0.5, 0.6) is 0 Å². The minimum Gasteiger partial charge on any atom is -0.481 e. The molecule has 0 saturated carbocycles. The summed E-state index contributed by atoms with van der Waals surface area (Å²) < 4.78 is 0. The maximum atomic E-state index is 10.5. The second kappa shape index (κ2) is 8.57. The van der Waals surface area contributed by atoms with E-state index in [9.17, 15) is 4.79 Å². The molecule has 1 aromatic rings. The Kier molecular flexibility index (Phi) is 7.09. The van der Waals surface area contributed by atoms with Gasteiger partial charge < -0.3 is 10.5 Å². The molecule has 2 N–H and O–H groups in total. The number of hydrogen-bond acceptors (Lipinski definition) is 3. The van der Waals surface area contributed by atoms with Crippen LogP contribution in [0.15, 0.2) is 30.3 Å². The molecular weight excluding hydrogens is 264 g/mol. The number of nitrogens with zero attached hydrogens (tertiary/aromatic N) is 1. The number of aliphatic carboxylic acids is 1. The van der Waals surface area contributed by atoms with E-state index in [0.29, 0.717) is 6.04 Å². The maximum absolute atomic E-state index is 10.5. The Morgan fingerprint density at radius 1 is 1.33 bits per heavy atom. The van der Waals surface area contributed by atoms with Crippen LogP contribution >= 0.6 is 0 Å². The highest BCUT2D eigenvalue weighted by Crippen LogP contribution is 2.15. The molecule has 1 fully saturated rings. The van der Waals surface area contributed by atoms with E-state index in [1.807, 2.05) is 37.3 Å². The Hall–Kier alpha value is -1.68. The Morgan fingerprint density at radius 2 is 1.95 bits per heavy atom. The summed E-state index contributed by atoms with van der Waals surface area (Å²) in [5.41, 5.74) is 1.67. The molecule has 0 spiro atoms. The average Bonchev–Trinajstić information content (AvgIpc) is 2.48. The van der Waals surface area contributed by atoms with Crippen LogP contribution < -0.4 is 0 Å². The first-order valence-electron chi connectivity index (χ1n) is 7.46. The van der Waals surface area contributed by atoms with E-state index >= 15 is 0 Å². The lowest BCUT2D eigenvalue weighted by Gasteiger charge is -2.31. The normalized spacial score (nSPS) is 20.0. The van der Waals surface area contributed by atoms with Gasteiger partial charge in [-0.2, -0.15) is 0 Å². The molecular formula is C17H26N2O2. The largest absolute Gasteiger partial charge is 0.481 e. The van der Waals surface area contributed by atoms with Gasteiger partial charge in [0.05, 0.1) is 5.92 Å². The predicted molar refractivity (Wildman–Crippen MR) is 86.2 cm³/mol. The molecule has 1 aliphatic heterocycles. The van der Waals surface area contributed by atoms with Crippen molar-refractivity contribution in [1.82, 2.24) is 4.90 Å². The fourth-order valence-electron chi connectivity index (χ4n) is 2.51. The molecule has 21 heavy (non-hydrogen) atoms. The second-order valence-corrected chi connectivity index (χ2v) is 5.65. The summed E-state index contributed by atoms with van der Waals surface area (Å²) in [4.78, 5) is 12.8. The third kappa shape index (κ3) is 5.68. The second-order valence-electron chi connectivity index (χ2n) is 5.65. The van der Waals surface area contributed by atoms with Crippen molar-refractivity contribution < 1.29 is 9.90 Å². The number of likely N-dealkylation sites (tertiary alicyclic amines) is 1. The smallest absolute Gasteiger partial charge is 0.310 e. The summed E-state index contributed by atoms with van der Waals surface area (Å²) in [5.74, 6) is -1.19. The lowest BCUT2D eigenvalue weighted by molar-refractivity contribution is -0.138. The van der Waals surface area contributed by atoms with Crippen LogP contribution in [0.1, 0.15) is 44.6 Å². The summed E-state index contributed by atoms with van der Waals surface area (Å²) in [6, 6.07) is 9.63. The molecule has 1 heterocycles. The van der Waals surface area contributed by atoms with Gasteiger partial charge in [-0.25, -0.2) is 0 Å². The van der Waals surface area contributed by atoms with Crippen molar-refractivity contribution >= 4 is 11.7 Å². The summed E-state index contributed by atoms with van der Waals surface area (Å²) in [6.07, 6.45) is 3.79. The fraction of sp³-hybridized carbons (Fsp3) is 0.529. The highest BCUT2D eigenvalue weighted by Gasteiger charge is 2.19. The predicted octanol–water partition coefficient (Wildman–Crippen LogP) is 3.39. The molecule has 1 aliphatic rings. The third-order valence-corrected chi connectivity index (χ3v) is 3.94. The van der Waals surface area contributed by atoms with Gasteiger partial charge in [-0.05, 0) is 45.8 Å². The first-order valence-corrected chi connectivity index (χ1v) is 7.46. The number of rotatable bonds is 3. The van der Waals surface area contributed by atoms with Crippen molar-refractivity contribution in [2.45, 2.75) is 45.1 Å². The van der Waals surface area contributed by atoms with E-state index in [1.165, 1.54) is 25.8 Å². The number of benzene rings is 1. The molecule has 0 amide bonds. The van der Waals surface area contributed by atoms with Gasteiger partial charge in [0.15, 0.2) is 0 Å². The maximum Gasteiger partial charge on any atom is 0.310 e. The first-order chi connectivity index (χ1) is 9.93. The SMILES string of the molecule is CC(=N)C1CCCCN1C.CC(C(=O)O)c1ccccc1. The van der Waals surface area contributed by atoms with Gasteiger partial charge in [-0.1, -0.05) is 36.8 Å². The Bertz CT molecular complexity index is 459. The van der Waals surface area contributed by atoms with Crippen molar-refractivity contribution in [3.8, 4) is 0 Å². The highest BCUT2D eigenvalue weighted by atomic mass is 16.4. The van der Waals surface area contributed by atoms with Crippen LogP contribution in [0.25, 0.3) is 0 Å². The Balaban J connectivity index is 0.000000211. The zero-order valence-corrected chi connectivity index (χ0v) is 13.2. The van der Waals surface area contributed by atoms with Crippen LogP contribution in [0, 0.1) is 5.41 Å². The van der Waals surface area contributed by atoms with E-state index in [2.05, 4.69) is 11.9 Å². The van der Waals surface area contributed by atoms with E-state index in [1.54, 1.807) is 6.92 Å². The zero-order chi connectivity index (χ0) is 15.8. The van der Waals surface area contributed by atoms with Crippen LogP contribution in [0.3, 0.4) is 0 Å². The number of hydrogen-bond donors (Lipinski definition) is 2. The van der Waals surface area contributed by atoms with Gasteiger partial charge in [0.2, 0.25) is 0 Å². The Morgan fingerprint density at radius 3 is 2.38 bits per heavy atom. The molecule has 4 heteroatoms. The standard InChI is InChI=1S/C9H10O2.C8H16N2/c1-7(9(10)11)8-5-3-2-4-6-8;1-7(9)8-5-3-4-6-10(8)2/h2-7H,1H3,(H,10,11);8-9H,3-6H2,1-2H3. The lowest BCUT2D eigenvalue weighted by Crippen LogP contribution is -2.40. The molecule has 0 bridgehead atoms. The summed E-state index contributed by atoms with van der Waals surface area (Å²) in [6.45, 7) is 4.76. The van der Waals surface area contributed by atoms with Crippen LogP contribution in [-0.2, 0) is 4.79 Å². The topological polar surface area (TPSA) is 64.4 Å². The molecule has 1 aromatic carbocycles. The number of carbonyl (C=O) groups is 1. The van der Waals surface area contributed by atoms with Gasteiger partial charge in [-0.3, -0.25) is 9.69 Å². The van der Waals surface area contributed by atoms with Gasteiger partial charge in [0.25, 0.3) is 0 Å². The average molecular weight is 290 g/mol. The van der Waals surface area contributed by atoms with Crippen LogP contribution in [0.2, 0.25) is 0 Å². The van der Waals surface area contributed by atoms with Crippen LogP contribution in [-0.4, -0.2) is 41.3 Å². The van der Waals surface area contributed by atoms with E-state index < -0.39 is 11.9 Å². The molecule has 0 aliphatic carbocycles. The minimum absolute atomic E-state index is 0.406. The van der Waals surface area contributed by atoms with E-state index in [4.69, 9.17) is 10.5 Å². The molecule has 0 aromatic heterocycles. The van der Waals surface area contributed by atoms with Crippen molar-refractivity contribution in [3.05, 3.63) is 35.9 Å². The van der Waals surface area contributed by atoms with E-state index in [0.717, 1.165) is 11.3 Å². The van der Waals surface area contributed by atoms with Crippen molar-refractivity contribution in [2.24, 2.45) is 0 Å². The molecule has 2 atom stereocenters. The zero-order valence-electron chi connectivity index (χ0n) is 13.2. The number of carboxylic acid groups (broad SMARTS) is 1. The lowest BCUT2D eigenvalue weighted by atomic mass is 10.00.